The lowest BCUT2D eigenvalue weighted by molar-refractivity contribution is -0.148. The number of ether oxygens (including phenoxy) is 3. The number of anilines is 1. The summed E-state index contributed by atoms with van der Waals surface area (Å²) in [4.78, 5) is 26.7. The van der Waals surface area contributed by atoms with E-state index in [0.29, 0.717) is 35.2 Å². The minimum atomic E-state index is -0.568. The fraction of sp³-hybridized carbons (Fsp3) is 0.333. The number of fused-ring (bicyclic) bond motifs is 1. The molecular weight excluding hydrogens is 396 g/mol. The van der Waals surface area contributed by atoms with E-state index in [1.165, 1.54) is 7.11 Å². The van der Waals surface area contributed by atoms with Crippen LogP contribution < -0.4 is 14.8 Å². The highest BCUT2D eigenvalue weighted by Crippen LogP contribution is 2.35. The molecule has 0 unspecified atom stereocenters. The predicted octanol–water partition coefficient (Wildman–Crippen LogP) is 2.90. The van der Waals surface area contributed by atoms with Gasteiger partial charge in [-0.1, -0.05) is 11.6 Å². The number of hydrogen-bond donors (Lipinski definition) is 1. The molecule has 0 radical (unpaired) electrons. The average molecular weight is 419 g/mol. The third kappa shape index (κ3) is 4.81. The minimum absolute atomic E-state index is 0.0379. The molecule has 1 atom stereocenters. The summed E-state index contributed by atoms with van der Waals surface area (Å²) in [5.74, 6) is 0.590. The second-order valence-electron chi connectivity index (χ2n) is 6.68. The van der Waals surface area contributed by atoms with Crippen LogP contribution in [0.3, 0.4) is 0 Å². The first-order valence-electron chi connectivity index (χ1n) is 9.06. The highest BCUT2D eigenvalue weighted by atomic mass is 35.5. The van der Waals surface area contributed by atoms with Crippen LogP contribution >= 0.6 is 11.6 Å². The quantitative estimate of drug-likeness (QED) is 0.727. The van der Waals surface area contributed by atoms with Crippen molar-refractivity contribution in [3.63, 3.8) is 0 Å². The van der Waals surface area contributed by atoms with Crippen LogP contribution in [-0.2, 0) is 27.3 Å². The van der Waals surface area contributed by atoms with E-state index >= 15 is 0 Å². The Morgan fingerprint density at radius 1 is 1.07 bits per heavy atom. The summed E-state index contributed by atoms with van der Waals surface area (Å²) >= 11 is 5.88. The average Bonchev–Trinajstić information content (AvgIpc) is 2.73. The number of nitrogens with zero attached hydrogens (tertiary/aromatic N) is 1. The standard InChI is InChI=1S/C21H23ClN2O5/c1-27-18-9-13-8-17(21(26)29-3)24(11-14(13)10-19(18)28-2)12-20(25)23-16-6-4-15(22)5-7-16/h4-7,9-10,17H,8,11-12H2,1-3H3,(H,23,25)/t17-/m0/s1. The number of carbonyl (C=O) groups is 2. The predicted molar refractivity (Wildman–Crippen MR) is 110 cm³/mol. The van der Waals surface area contributed by atoms with E-state index in [2.05, 4.69) is 5.32 Å². The Labute approximate surface area is 174 Å². The molecule has 8 heteroatoms. The lowest BCUT2D eigenvalue weighted by Crippen LogP contribution is -2.49. The second-order valence-corrected chi connectivity index (χ2v) is 7.12. The van der Waals surface area contributed by atoms with Crippen molar-refractivity contribution in [2.75, 3.05) is 33.2 Å². The number of halogens is 1. The molecule has 1 heterocycles. The molecule has 0 saturated carbocycles. The van der Waals surface area contributed by atoms with Crippen LogP contribution in [0.5, 0.6) is 11.5 Å². The van der Waals surface area contributed by atoms with E-state index < -0.39 is 6.04 Å². The first kappa shape index (κ1) is 21.0. The van der Waals surface area contributed by atoms with Crippen molar-refractivity contribution in [1.29, 1.82) is 0 Å². The molecule has 3 rings (SSSR count). The number of methoxy groups -OCH3 is 3. The van der Waals surface area contributed by atoms with E-state index in [1.54, 1.807) is 43.4 Å². The van der Waals surface area contributed by atoms with E-state index in [9.17, 15) is 9.59 Å². The Morgan fingerprint density at radius 3 is 2.28 bits per heavy atom. The van der Waals surface area contributed by atoms with Crippen molar-refractivity contribution >= 4 is 29.2 Å². The van der Waals surface area contributed by atoms with Crippen LogP contribution in [0, 0.1) is 0 Å². The van der Waals surface area contributed by atoms with Crippen LogP contribution in [0.4, 0.5) is 5.69 Å². The molecule has 0 saturated heterocycles. The van der Waals surface area contributed by atoms with Gasteiger partial charge in [0.15, 0.2) is 11.5 Å². The number of amides is 1. The maximum atomic E-state index is 12.6. The molecule has 7 nitrogen and oxygen atoms in total. The monoisotopic (exact) mass is 418 g/mol. The molecule has 2 aromatic carbocycles. The zero-order chi connectivity index (χ0) is 21.0. The summed E-state index contributed by atoms with van der Waals surface area (Å²) in [5, 5.41) is 3.41. The van der Waals surface area contributed by atoms with Gasteiger partial charge >= 0.3 is 5.97 Å². The Kier molecular flexibility index (Phi) is 6.61. The van der Waals surface area contributed by atoms with Gasteiger partial charge in [-0.2, -0.15) is 0 Å². The molecule has 0 aliphatic carbocycles. The molecule has 0 bridgehead atoms. The van der Waals surface area contributed by atoms with Gasteiger partial charge in [-0.3, -0.25) is 14.5 Å². The zero-order valence-corrected chi connectivity index (χ0v) is 17.3. The Morgan fingerprint density at radius 2 is 1.69 bits per heavy atom. The van der Waals surface area contributed by atoms with Crippen molar-refractivity contribution in [2.24, 2.45) is 0 Å². The number of rotatable bonds is 6. The van der Waals surface area contributed by atoms with Gasteiger partial charge in [0.1, 0.15) is 6.04 Å². The second kappa shape index (κ2) is 9.15. The lowest BCUT2D eigenvalue weighted by Gasteiger charge is -2.35. The van der Waals surface area contributed by atoms with Crippen LogP contribution in [-0.4, -0.2) is 50.7 Å². The smallest absolute Gasteiger partial charge is 0.323 e. The van der Waals surface area contributed by atoms with Crippen molar-refractivity contribution < 1.29 is 23.8 Å². The molecule has 1 N–H and O–H groups in total. The van der Waals surface area contributed by atoms with Crippen LogP contribution in [0.2, 0.25) is 5.02 Å². The third-order valence-corrected chi connectivity index (χ3v) is 5.13. The van der Waals surface area contributed by atoms with Crippen molar-refractivity contribution in [3.8, 4) is 11.5 Å². The number of nitrogens with one attached hydrogen (secondary N) is 1. The number of esters is 1. The van der Waals surface area contributed by atoms with Gasteiger partial charge in [0.25, 0.3) is 0 Å². The van der Waals surface area contributed by atoms with Gasteiger partial charge in [-0.05, 0) is 53.9 Å². The summed E-state index contributed by atoms with van der Waals surface area (Å²) < 4.78 is 15.7. The summed E-state index contributed by atoms with van der Waals surface area (Å²) in [6, 6.07) is 10.0. The van der Waals surface area contributed by atoms with Gasteiger partial charge in [0, 0.05) is 17.3 Å². The largest absolute Gasteiger partial charge is 0.493 e. The molecule has 1 aliphatic rings. The maximum absolute atomic E-state index is 12.6. The summed E-state index contributed by atoms with van der Waals surface area (Å²) in [6.07, 6.45) is 0.413. The SMILES string of the molecule is COC(=O)[C@@H]1Cc2cc(OC)c(OC)cc2CN1CC(=O)Nc1ccc(Cl)cc1. The number of carbonyl (C=O) groups excluding carboxylic acids is 2. The Hall–Kier alpha value is -2.77. The van der Waals surface area contributed by atoms with Gasteiger partial charge in [0.2, 0.25) is 5.91 Å². The molecule has 0 fully saturated rings. The fourth-order valence-corrected chi connectivity index (χ4v) is 3.55. The molecule has 2 aromatic rings. The molecule has 154 valence electrons. The van der Waals surface area contributed by atoms with E-state index in [1.807, 2.05) is 12.1 Å². The zero-order valence-electron chi connectivity index (χ0n) is 16.5. The topological polar surface area (TPSA) is 77.1 Å². The molecule has 29 heavy (non-hydrogen) atoms. The van der Waals surface area contributed by atoms with Gasteiger partial charge < -0.3 is 19.5 Å². The molecule has 1 amide bonds. The van der Waals surface area contributed by atoms with E-state index in [0.717, 1.165) is 11.1 Å². The van der Waals surface area contributed by atoms with Crippen LogP contribution in [0.1, 0.15) is 11.1 Å². The lowest BCUT2D eigenvalue weighted by atomic mass is 9.93. The first-order valence-corrected chi connectivity index (χ1v) is 9.44. The normalized spacial score (nSPS) is 15.9. The summed E-state index contributed by atoms with van der Waals surface area (Å²) in [7, 11) is 4.48. The number of benzene rings is 2. The third-order valence-electron chi connectivity index (χ3n) is 4.88. The molecular formula is C21H23ClN2O5. The number of hydrogen-bond acceptors (Lipinski definition) is 6. The Bertz CT molecular complexity index is 901. The van der Waals surface area contributed by atoms with Crippen molar-refractivity contribution in [3.05, 3.63) is 52.5 Å². The van der Waals surface area contributed by atoms with E-state index in [4.69, 9.17) is 25.8 Å². The summed E-state index contributed by atoms with van der Waals surface area (Å²) in [5.41, 5.74) is 2.58. The highest BCUT2D eigenvalue weighted by molar-refractivity contribution is 6.30. The maximum Gasteiger partial charge on any atom is 0.323 e. The van der Waals surface area contributed by atoms with Gasteiger partial charge in [-0.25, -0.2) is 0 Å². The highest BCUT2D eigenvalue weighted by Gasteiger charge is 2.34. The van der Waals surface area contributed by atoms with Gasteiger partial charge in [-0.15, -0.1) is 0 Å². The van der Waals surface area contributed by atoms with E-state index in [-0.39, 0.29) is 18.4 Å². The molecule has 1 aliphatic heterocycles. The minimum Gasteiger partial charge on any atom is -0.493 e. The molecule has 0 aromatic heterocycles. The van der Waals surface area contributed by atoms with Gasteiger partial charge in [0.05, 0.1) is 27.9 Å². The molecule has 0 spiro atoms. The van der Waals surface area contributed by atoms with Crippen molar-refractivity contribution in [2.45, 2.75) is 19.0 Å². The summed E-state index contributed by atoms with van der Waals surface area (Å²) in [6.45, 7) is 0.444. The first-order chi connectivity index (χ1) is 13.9. The van der Waals surface area contributed by atoms with Crippen LogP contribution in [0.25, 0.3) is 0 Å². The Balaban J connectivity index is 1.81. The fourth-order valence-electron chi connectivity index (χ4n) is 3.42. The van der Waals surface area contributed by atoms with Crippen LogP contribution in [0.15, 0.2) is 36.4 Å². The van der Waals surface area contributed by atoms with Crippen molar-refractivity contribution in [1.82, 2.24) is 4.90 Å².